The van der Waals surface area contributed by atoms with Crippen LogP contribution >= 0.6 is 0 Å². The summed E-state index contributed by atoms with van der Waals surface area (Å²) < 4.78 is 5.00. The van der Waals surface area contributed by atoms with E-state index < -0.39 is 0 Å². The van der Waals surface area contributed by atoms with Crippen molar-refractivity contribution >= 4 is 11.6 Å². The largest absolute Gasteiger partial charge is 0.385 e. The van der Waals surface area contributed by atoms with E-state index in [1.807, 2.05) is 12.1 Å². The van der Waals surface area contributed by atoms with Gasteiger partial charge in [-0.3, -0.25) is 15.1 Å². The first-order valence-corrected chi connectivity index (χ1v) is 7.84. The van der Waals surface area contributed by atoms with E-state index in [-0.39, 0.29) is 10.6 Å². The number of aryl methyl sites for hydroxylation is 1. The second-order valence-electron chi connectivity index (χ2n) is 5.15. The van der Waals surface area contributed by atoms with E-state index in [9.17, 15) is 10.1 Å². The Bertz CT molecular complexity index is 489. The van der Waals surface area contributed by atoms with E-state index >= 15 is 0 Å². The van der Waals surface area contributed by atoms with Gasteiger partial charge in [-0.05, 0) is 31.2 Å². The molecule has 128 valence electrons. The third-order valence-corrected chi connectivity index (χ3v) is 3.37. The zero-order valence-corrected chi connectivity index (χ0v) is 13.9. The summed E-state index contributed by atoms with van der Waals surface area (Å²) in [5, 5.41) is 17.1. The minimum atomic E-state index is -0.376. The fourth-order valence-corrected chi connectivity index (χ4v) is 2.09. The van der Waals surface area contributed by atoms with Gasteiger partial charge in [-0.2, -0.15) is 0 Å². The van der Waals surface area contributed by atoms with Gasteiger partial charge in [0.05, 0.1) is 4.92 Å². The van der Waals surface area contributed by atoms with Gasteiger partial charge in [0, 0.05) is 46.0 Å². The van der Waals surface area contributed by atoms with E-state index in [4.69, 9.17) is 4.74 Å². The maximum atomic E-state index is 10.6. The van der Waals surface area contributed by atoms with E-state index in [1.165, 1.54) is 0 Å². The number of guanidine groups is 1. The maximum Gasteiger partial charge on any atom is 0.269 e. The lowest BCUT2D eigenvalue weighted by Gasteiger charge is -2.11. The lowest BCUT2D eigenvalue weighted by molar-refractivity contribution is -0.384. The molecule has 0 aliphatic carbocycles. The number of ether oxygens (including phenoxy) is 1. The molecular weight excluding hydrogens is 296 g/mol. The second-order valence-corrected chi connectivity index (χ2v) is 5.15. The average molecular weight is 322 g/mol. The van der Waals surface area contributed by atoms with Crippen molar-refractivity contribution in [3.8, 4) is 0 Å². The highest BCUT2D eigenvalue weighted by atomic mass is 16.6. The number of hydrogen-bond donors (Lipinski definition) is 2. The molecular formula is C16H26N4O3. The van der Waals surface area contributed by atoms with Gasteiger partial charge in [0.1, 0.15) is 0 Å². The molecule has 7 nitrogen and oxygen atoms in total. The van der Waals surface area contributed by atoms with Crippen LogP contribution in [0.3, 0.4) is 0 Å². The van der Waals surface area contributed by atoms with Crippen molar-refractivity contribution in [1.29, 1.82) is 0 Å². The van der Waals surface area contributed by atoms with Gasteiger partial charge in [-0.15, -0.1) is 0 Å². The van der Waals surface area contributed by atoms with Crippen LogP contribution in [0.25, 0.3) is 0 Å². The van der Waals surface area contributed by atoms with Gasteiger partial charge in [0.15, 0.2) is 5.96 Å². The van der Waals surface area contributed by atoms with Gasteiger partial charge in [-0.1, -0.05) is 12.1 Å². The minimum Gasteiger partial charge on any atom is -0.385 e. The third kappa shape index (κ3) is 8.15. The molecule has 0 heterocycles. The predicted molar refractivity (Wildman–Crippen MR) is 91.9 cm³/mol. The summed E-state index contributed by atoms with van der Waals surface area (Å²) in [5.41, 5.74) is 1.26. The number of nitro benzene ring substituents is 1. The summed E-state index contributed by atoms with van der Waals surface area (Å²) in [4.78, 5) is 14.4. The Kier molecular flexibility index (Phi) is 9.38. The number of hydrogen-bond acceptors (Lipinski definition) is 4. The summed E-state index contributed by atoms with van der Waals surface area (Å²) in [7, 11) is 3.44. The summed E-state index contributed by atoms with van der Waals surface area (Å²) in [6.45, 7) is 2.41. The van der Waals surface area contributed by atoms with Crippen LogP contribution in [0.2, 0.25) is 0 Å². The Morgan fingerprint density at radius 2 is 1.83 bits per heavy atom. The molecule has 0 aromatic heterocycles. The van der Waals surface area contributed by atoms with Crippen molar-refractivity contribution in [3.63, 3.8) is 0 Å². The Labute approximate surface area is 137 Å². The molecule has 0 radical (unpaired) electrons. The van der Waals surface area contributed by atoms with E-state index in [1.54, 1.807) is 26.3 Å². The molecule has 0 aliphatic heterocycles. The molecule has 0 amide bonds. The summed E-state index contributed by atoms with van der Waals surface area (Å²) >= 11 is 0. The molecule has 1 rings (SSSR count). The molecule has 23 heavy (non-hydrogen) atoms. The van der Waals surface area contributed by atoms with Gasteiger partial charge >= 0.3 is 0 Å². The van der Waals surface area contributed by atoms with Crippen LogP contribution in [-0.4, -0.2) is 44.7 Å². The number of nitrogens with zero attached hydrogens (tertiary/aromatic N) is 2. The number of rotatable bonds is 10. The number of nitro groups is 1. The first kappa shape index (κ1) is 18.9. The van der Waals surface area contributed by atoms with Gasteiger partial charge in [0.25, 0.3) is 5.69 Å². The molecule has 0 aliphatic rings. The minimum absolute atomic E-state index is 0.138. The fraction of sp³-hybridized carbons (Fsp3) is 0.562. The monoisotopic (exact) mass is 322 g/mol. The standard InChI is InChI=1S/C16H26N4O3/c1-17-16(19-12-5-13-23-2)18-11-4-3-6-14-7-9-15(10-8-14)20(21)22/h7-10H,3-6,11-13H2,1-2H3,(H2,17,18,19). The zero-order valence-electron chi connectivity index (χ0n) is 13.9. The van der Waals surface area contributed by atoms with Gasteiger partial charge in [-0.25, -0.2) is 0 Å². The molecule has 7 heteroatoms. The number of non-ortho nitro benzene ring substituents is 1. The van der Waals surface area contributed by atoms with Crippen LogP contribution in [0.15, 0.2) is 29.3 Å². The summed E-state index contributed by atoms with van der Waals surface area (Å²) in [6.07, 6.45) is 3.89. The molecule has 0 atom stereocenters. The molecule has 2 N–H and O–H groups in total. The zero-order chi connectivity index (χ0) is 16.9. The first-order valence-electron chi connectivity index (χ1n) is 7.84. The molecule has 0 bridgehead atoms. The van der Waals surface area contributed by atoms with E-state index in [0.29, 0.717) is 0 Å². The molecule has 1 aromatic carbocycles. The van der Waals surface area contributed by atoms with Crippen LogP contribution in [0.1, 0.15) is 24.8 Å². The topological polar surface area (TPSA) is 88.8 Å². The average Bonchev–Trinajstić information content (AvgIpc) is 2.57. The van der Waals surface area contributed by atoms with Crippen molar-refractivity contribution < 1.29 is 9.66 Å². The molecule has 0 saturated heterocycles. The number of methoxy groups -OCH3 is 1. The normalized spacial score (nSPS) is 11.3. The van der Waals surface area contributed by atoms with E-state index in [2.05, 4.69) is 15.6 Å². The quantitative estimate of drug-likeness (QED) is 0.226. The number of benzene rings is 1. The van der Waals surface area contributed by atoms with Crippen LogP contribution in [0.5, 0.6) is 0 Å². The van der Waals surface area contributed by atoms with Crippen molar-refractivity contribution in [2.75, 3.05) is 33.9 Å². The Morgan fingerprint density at radius 3 is 2.39 bits per heavy atom. The van der Waals surface area contributed by atoms with Crippen molar-refractivity contribution in [3.05, 3.63) is 39.9 Å². The van der Waals surface area contributed by atoms with Crippen molar-refractivity contribution in [2.45, 2.75) is 25.7 Å². The summed E-state index contributed by atoms with van der Waals surface area (Å²) in [5.74, 6) is 0.802. The maximum absolute atomic E-state index is 10.6. The highest BCUT2D eigenvalue weighted by Crippen LogP contribution is 2.13. The second kappa shape index (κ2) is 11.4. The van der Waals surface area contributed by atoms with Crippen LogP contribution in [0, 0.1) is 10.1 Å². The fourth-order valence-electron chi connectivity index (χ4n) is 2.09. The van der Waals surface area contributed by atoms with Crippen molar-refractivity contribution in [1.82, 2.24) is 10.6 Å². The van der Waals surface area contributed by atoms with Gasteiger partial charge < -0.3 is 15.4 Å². The third-order valence-electron chi connectivity index (χ3n) is 3.37. The lowest BCUT2D eigenvalue weighted by atomic mass is 10.1. The van der Waals surface area contributed by atoms with Gasteiger partial charge in [0.2, 0.25) is 0 Å². The number of aliphatic imine (C=N–C) groups is 1. The molecule has 1 aromatic rings. The van der Waals surface area contributed by atoms with E-state index in [0.717, 1.165) is 56.9 Å². The molecule has 0 unspecified atom stereocenters. The van der Waals surface area contributed by atoms with Crippen LogP contribution in [0.4, 0.5) is 5.69 Å². The van der Waals surface area contributed by atoms with Crippen LogP contribution < -0.4 is 10.6 Å². The lowest BCUT2D eigenvalue weighted by Crippen LogP contribution is -2.38. The Balaban J connectivity index is 2.15. The molecule has 0 fully saturated rings. The molecule has 0 saturated carbocycles. The smallest absolute Gasteiger partial charge is 0.269 e. The first-order chi connectivity index (χ1) is 11.2. The predicted octanol–water partition coefficient (Wildman–Crippen LogP) is 2.12. The Hall–Kier alpha value is -2.15. The van der Waals surface area contributed by atoms with Crippen molar-refractivity contribution in [2.24, 2.45) is 4.99 Å². The number of nitrogens with one attached hydrogen (secondary N) is 2. The SMILES string of the molecule is CN=C(NCCCCc1ccc([N+](=O)[O-])cc1)NCCCOC. The molecule has 0 spiro atoms. The number of unbranched alkanes of at least 4 members (excludes halogenated alkanes) is 1. The van der Waals surface area contributed by atoms with Crippen LogP contribution in [-0.2, 0) is 11.2 Å². The summed E-state index contributed by atoms with van der Waals surface area (Å²) in [6, 6.07) is 6.75. The Morgan fingerprint density at radius 1 is 1.17 bits per heavy atom. The highest BCUT2D eigenvalue weighted by molar-refractivity contribution is 5.79. The highest BCUT2D eigenvalue weighted by Gasteiger charge is 2.03.